The summed E-state index contributed by atoms with van der Waals surface area (Å²) < 4.78 is 65.8. The number of benzene rings is 2. The number of nitrogens with zero attached hydrogens (tertiary/aromatic N) is 1. The molecule has 0 aromatic heterocycles. The number of alkyl halides is 1. The Kier molecular flexibility index (Phi) is 7.86. The average molecular weight is 529 g/mol. The van der Waals surface area contributed by atoms with Gasteiger partial charge in [-0.1, -0.05) is 48.0 Å². The molecule has 1 saturated heterocycles. The van der Waals surface area contributed by atoms with Gasteiger partial charge < -0.3 is 5.32 Å². The van der Waals surface area contributed by atoms with Crippen LogP contribution in [0.15, 0.2) is 64.9 Å². The van der Waals surface area contributed by atoms with Gasteiger partial charge in [-0.3, -0.25) is 4.79 Å². The van der Waals surface area contributed by atoms with Gasteiger partial charge in [-0.05, 0) is 30.7 Å². The van der Waals surface area contributed by atoms with Crippen LogP contribution in [0.1, 0.15) is 19.8 Å². The van der Waals surface area contributed by atoms with Crippen molar-refractivity contribution in [1.82, 2.24) is 9.62 Å². The van der Waals surface area contributed by atoms with Crippen LogP contribution in [0.2, 0.25) is 5.02 Å². The molecular weight excluding hydrogens is 503 g/mol. The van der Waals surface area contributed by atoms with Crippen molar-refractivity contribution >= 4 is 37.4 Å². The fourth-order valence-corrected chi connectivity index (χ4v) is 5.99. The van der Waals surface area contributed by atoms with Crippen molar-refractivity contribution in [2.24, 2.45) is 0 Å². The minimum atomic E-state index is -3.98. The van der Waals surface area contributed by atoms with Gasteiger partial charge in [0.15, 0.2) is 15.5 Å². The molecule has 0 spiro atoms. The second-order valence-electron chi connectivity index (χ2n) is 8.30. The Morgan fingerprint density at radius 2 is 1.74 bits per heavy atom. The Hall–Kier alpha value is -2.27. The lowest BCUT2D eigenvalue weighted by atomic mass is 9.93. The van der Waals surface area contributed by atoms with E-state index in [9.17, 15) is 21.6 Å². The Labute approximate surface area is 204 Å². The highest BCUT2D eigenvalue weighted by Gasteiger charge is 2.44. The number of rotatable bonds is 7. The summed E-state index contributed by atoms with van der Waals surface area (Å²) in [6.07, 6.45) is 1.61. The smallest absolute Gasteiger partial charge is 0.258 e. The highest BCUT2D eigenvalue weighted by Crippen LogP contribution is 2.35. The topological polar surface area (TPSA) is 101 Å². The zero-order valence-electron chi connectivity index (χ0n) is 18.7. The van der Waals surface area contributed by atoms with Crippen molar-refractivity contribution in [2.45, 2.75) is 36.4 Å². The molecule has 0 radical (unpaired) electrons. The molecule has 1 heterocycles. The molecule has 2 aromatic rings. The molecule has 34 heavy (non-hydrogen) atoms. The normalized spacial score (nSPS) is 18.0. The molecule has 1 aliphatic rings. The van der Waals surface area contributed by atoms with E-state index in [1.54, 1.807) is 30.3 Å². The third kappa shape index (κ3) is 6.24. The van der Waals surface area contributed by atoms with Crippen molar-refractivity contribution in [3.8, 4) is 11.1 Å². The van der Waals surface area contributed by atoms with Crippen LogP contribution in [0.4, 0.5) is 4.39 Å². The highest BCUT2D eigenvalue weighted by atomic mass is 35.5. The van der Waals surface area contributed by atoms with Crippen LogP contribution < -0.4 is 5.32 Å². The lowest BCUT2D eigenvalue weighted by Gasteiger charge is -2.35. The first-order chi connectivity index (χ1) is 15.8. The molecule has 1 N–H and O–H groups in total. The SMILES string of the molecule is C[C@@H](/C=C\S(C)(=O)=O)NC(=O)C1(F)CCN(S(=O)(=O)c2ccc(Cl)cc2-c2ccccc2)CC1. The Morgan fingerprint density at radius 3 is 2.32 bits per heavy atom. The molecule has 184 valence electrons. The maximum absolute atomic E-state index is 15.4. The first kappa shape index (κ1) is 26.3. The zero-order valence-corrected chi connectivity index (χ0v) is 21.1. The first-order valence-corrected chi connectivity index (χ1v) is 14.3. The van der Waals surface area contributed by atoms with Crippen LogP contribution in [-0.2, 0) is 24.7 Å². The van der Waals surface area contributed by atoms with Gasteiger partial charge in [0.05, 0.1) is 4.90 Å². The van der Waals surface area contributed by atoms with Crippen molar-refractivity contribution in [3.05, 3.63) is 65.0 Å². The number of amides is 1. The number of carbonyl (C=O) groups is 1. The molecule has 0 bridgehead atoms. The van der Waals surface area contributed by atoms with E-state index in [1.165, 1.54) is 29.4 Å². The van der Waals surface area contributed by atoms with Crippen molar-refractivity contribution in [3.63, 3.8) is 0 Å². The van der Waals surface area contributed by atoms with E-state index in [1.807, 2.05) is 6.07 Å². The van der Waals surface area contributed by atoms with E-state index in [2.05, 4.69) is 5.32 Å². The molecule has 0 saturated carbocycles. The van der Waals surface area contributed by atoms with E-state index < -0.39 is 37.5 Å². The maximum Gasteiger partial charge on any atom is 0.258 e. The van der Waals surface area contributed by atoms with Gasteiger partial charge in [-0.15, -0.1) is 0 Å². The van der Waals surface area contributed by atoms with Crippen LogP contribution in [0.25, 0.3) is 11.1 Å². The number of halogens is 2. The number of sulfonamides is 1. The standard InChI is InChI=1S/C23H26ClFN2O5S2/c1-17(10-15-33(2,29)30)26-22(28)23(25)11-13-27(14-12-23)34(31,32)21-9-8-19(24)16-20(21)18-6-4-3-5-7-18/h3-10,15-17H,11-14H2,1-2H3,(H,26,28)/b15-10-/t17-/m0/s1. The lowest BCUT2D eigenvalue weighted by molar-refractivity contribution is -0.135. The Morgan fingerprint density at radius 1 is 1.12 bits per heavy atom. The molecule has 1 fully saturated rings. The van der Waals surface area contributed by atoms with Crippen LogP contribution in [0.3, 0.4) is 0 Å². The van der Waals surface area contributed by atoms with Crippen LogP contribution in [-0.4, -0.2) is 58.1 Å². The molecule has 3 rings (SSSR count). The zero-order chi connectivity index (χ0) is 25.1. The van der Waals surface area contributed by atoms with E-state index >= 15 is 4.39 Å². The minimum Gasteiger partial charge on any atom is -0.347 e. The summed E-state index contributed by atoms with van der Waals surface area (Å²) in [5.74, 6) is -0.897. The second kappa shape index (κ2) is 10.2. The van der Waals surface area contributed by atoms with Gasteiger partial charge in [0.1, 0.15) is 0 Å². The van der Waals surface area contributed by atoms with Crippen molar-refractivity contribution in [2.75, 3.05) is 19.3 Å². The number of sulfone groups is 1. The van der Waals surface area contributed by atoms with E-state index in [0.717, 1.165) is 11.7 Å². The summed E-state index contributed by atoms with van der Waals surface area (Å²) in [6, 6.07) is 12.7. The molecule has 7 nitrogen and oxygen atoms in total. The van der Waals surface area contributed by atoms with Gasteiger partial charge in [0.25, 0.3) is 5.91 Å². The van der Waals surface area contributed by atoms with Gasteiger partial charge in [-0.2, -0.15) is 4.31 Å². The summed E-state index contributed by atoms with van der Waals surface area (Å²) in [5.41, 5.74) is -1.15. The highest BCUT2D eigenvalue weighted by molar-refractivity contribution is 7.93. The van der Waals surface area contributed by atoms with E-state index in [4.69, 9.17) is 11.6 Å². The van der Waals surface area contributed by atoms with E-state index in [0.29, 0.717) is 16.1 Å². The monoisotopic (exact) mass is 528 g/mol. The van der Waals surface area contributed by atoms with Crippen LogP contribution >= 0.6 is 11.6 Å². The number of hydrogen-bond donors (Lipinski definition) is 1. The van der Waals surface area contributed by atoms with Gasteiger partial charge in [0.2, 0.25) is 10.0 Å². The largest absolute Gasteiger partial charge is 0.347 e. The number of piperidine rings is 1. The van der Waals surface area contributed by atoms with Gasteiger partial charge >= 0.3 is 0 Å². The molecule has 2 aromatic carbocycles. The predicted molar refractivity (Wildman–Crippen MR) is 130 cm³/mol. The fourth-order valence-electron chi connectivity index (χ4n) is 3.66. The molecule has 1 atom stereocenters. The quantitative estimate of drug-likeness (QED) is 0.592. The van der Waals surface area contributed by atoms with Crippen molar-refractivity contribution in [1.29, 1.82) is 0 Å². The molecule has 1 amide bonds. The lowest BCUT2D eigenvalue weighted by Crippen LogP contribution is -2.53. The molecule has 11 heteroatoms. The second-order valence-corrected chi connectivity index (χ2v) is 12.6. The number of hydrogen-bond acceptors (Lipinski definition) is 5. The van der Waals surface area contributed by atoms with Gasteiger partial charge in [0, 0.05) is 54.2 Å². The first-order valence-electron chi connectivity index (χ1n) is 10.6. The summed E-state index contributed by atoms with van der Waals surface area (Å²) in [7, 11) is -7.36. The number of nitrogens with one attached hydrogen (secondary N) is 1. The van der Waals surface area contributed by atoms with Crippen LogP contribution in [0, 0.1) is 0 Å². The predicted octanol–water partition coefficient (Wildman–Crippen LogP) is 3.56. The van der Waals surface area contributed by atoms with Crippen LogP contribution in [0.5, 0.6) is 0 Å². The van der Waals surface area contributed by atoms with E-state index in [-0.39, 0.29) is 30.8 Å². The minimum absolute atomic E-state index is 0.0541. The summed E-state index contributed by atoms with van der Waals surface area (Å²) >= 11 is 6.12. The van der Waals surface area contributed by atoms with Crippen molar-refractivity contribution < 1.29 is 26.0 Å². The van der Waals surface area contributed by atoms with Gasteiger partial charge in [-0.25, -0.2) is 21.2 Å². The molecule has 1 aliphatic heterocycles. The summed E-state index contributed by atoms with van der Waals surface area (Å²) in [4.78, 5) is 12.6. The Balaban J connectivity index is 1.76. The molecule has 0 aliphatic carbocycles. The number of carbonyl (C=O) groups excluding carboxylic acids is 1. The fraction of sp³-hybridized carbons (Fsp3) is 0.348. The molecule has 0 unspecified atom stereocenters. The molecular formula is C23H26ClFN2O5S2. The summed E-state index contributed by atoms with van der Waals surface area (Å²) in [5, 5.41) is 3.76. The maximum atomic E-state index is 15.4. The third-order valence-electron chi connectivity index (χ3n) is 5.54. The average Bonchev–Trinajstić information content (AvgIpc) is 2.78. The summed E-state index contributed by atoms with van der Waals surface area (Å²) in [6.45, 7) is 1.15. The third-order valence-corrected chi connectivity index (χ3v) is 8.38. The Bertz CT molecular complexity index is 1290.